The molecule has 0 radical (unpaired) electrons. The maximum absolute atomic E-state index is 12.4. The highest BCUT2D eigenvalue weighted by molar-refractivity contribution is 5.80. The molecule has 4 heterocycles. The molecule has 6 rings (SSSR count). The first kappa shape index (κ1) is 15.2. The summed E-state index contributed by atoms with van der Waals surface area (Å²) in [7, 11) is 0. The number of pyridine rings is 1. The summed E-state index contributed by atoms with van der Waals surface area (Å²) in [4.78, 5) is 24.3. The van der Waals surface area contributed by atoms with Gasteiger partial charge in [0.05, 0.1) is 28.3 Å². The molecule has 1 aliphatic rings. The molecule has 0 spiro atoms. The molecule has 1 aliphatic heterocycles. The molecule has 5 aromatic rings. The van der Waals surface area contributed by atoms with Gasteiger partial charge in [0, 0.05) is 12.7 Å². The Morgan fingerprint density at radius 2 is 1.86 bits per heavy atom. The minimum atomic E-state index is -0.188. The quantitative estimate of drug-likeness (QED) is 0.502. The van der Waals surface area contributed by atoms with Crippen molar-refractivity contribution in [2.75, 3.05) is 11.9 Å². The zero-order valence-electron chi connectivity index (χ0n) is 14.8. The molecule has 7 heteroatoms. The highest BCUT2D eigenvalue weighted by Crippen LogP contribution is 2.33. The average molecular weight is 368 g/mol. The molecule has 136 valence electrons. The van der Waals surface area contributed by atoms with Crippen molar-refractivity contribution in [2.45, 2.75) is 6.04 Å². The van der Waals surface area contributed by atoms with Crippen molar-refractivity contribution in [2.24, 2.45) is 0 Å². The van der Waals surface area contributed by atoms with Crippen molar-refractivity contribution in [3.63, 3.8) is 0 Å². The van der Waals surface area contributed by atoms with E-state index in [1.54, 1.807) is 10.8 Å². The number of imidazole rings is 2. The van der Waals surface area contributed by atoms with Gasteiger partial charge in [-0.3, -0.25) is 0 Å². The molecular weight excluding hydrogens is 352 g/mol. The van der Waals surface area contributed by atoms with Gasteiger partial charge in [-0.1, -0.05) is 24.3 Å². The van der Waals surface area contributed by atoms with Crippen molar-refractivity contribution in [3.05, 3.63) is 82.9 Å². The van der Waals surface area contributed by atoms with Gasteiger partial charge in [-0.2, -0.15) is 0 Å². The maximum atomic E-state index is 12.4. The molecule has 28 heavy (non-hydrogen) atoms. The van der Waals surface area contributed by atoms with E-state index >= 15 is 0 Å². The Labute approximate surface area is 159 Å². The lowest BCUT2D eigenvalue weighted by atomic mass is 10.1. The molecule has 2 N–H and O–H groups in total. The third-order valence-corrected chi connectivity index (χ3v) is 5.34. The van der Waals surface area contributed by atoms with Gasteiger partial charge in [-0.15, -0.1) is 0 Å². The van der Waals surface area contributed by atoms with E-state index in [1.165, 1.54) is 5.56 Å². The lowest BCUT2D eigenvalue weighted by Gasteiger charge is -2.14. The van der Waals surface area contributed by atoms with Crippen molar-refractivity contribution in [3.8, 4) is 5.69 Å². The van der Waals surface area contributed by atoms with Crippen LogP contribution in [0.2, 0.25) is 0 Å². The van der Waals surface area contributed by atoms with Crippen LogP contribution in [0.3, 0.4) is 0 Å². The van der Waals surface area contributed by atoms with E-state index in [4.69, 9.17) is 0 Å². The van der Waals surface area contributed by atoms with Crippen LogP contribution < -0.4 is 11.0 Å². The topological polar surface area (TPSA) is 80.5 Å². The van der Waals surface area contributed by atoms with Gasteiger partial charge in [-0.25, -0.2) is 19.3 Å². The molecule has 7 nitrogen and oxygen atoms in total. The molecule has 2 aromatic carbocycles. The monoisotopic (exact) mass is 368 g/mol. The lowest BCUT2D eigenvalue weighted by molar-refractivity contribution is 0.692. The van der Waals surface area contributed by atoms with Gasteiger partial charge in [0.25, 0.3) is 0 Å². The van der Waals surface area contributed by atoms with Crippen LogP contribution in [0.1, 0.15) is 11.6 Å². The fraction of sp³-hybridized carbons (Fsp3) is 0.0952. The maximum Gasteiger partial charge on any atom is 0.332 e. The molecule has 0 saturated carbocycles. The lowest BCUT2D eigenvalue weighted by Crippen LogP contribution is -2.15. The van der Waals surface area contributed by atoms with Gasteiger partial charge < -0.3 is 14.9 Å². The molecule has 0 bridgehead atoms. The van der Waals surface area contributed by atoms with Crippen LogP contribution in [0.4, 0.5) is 5.95 Å². The third-order valence-electron chi connectivity index (χ3n) is 5.34. The van der Waals surface area contributed by atoms with Gasteiger partial charge >= 0.3 is 5.69 Å². The van der Waals surface area contributed by atoms with E-state index in [0.717, 1.165) is 34.7 Å². The minimum Gasteiger partial charge on any atom is -0.353 e. The van der Waals surface area contributed by atoms with Gasteiger partial charge in [0.1, 0.15) is 0 Å². The zero-order chi connectivity index (χ0) is 18.7. The summed E-state index contributed by atoms with van der Waals surface area (Å²) in [5.41, 5.74) is 5.24. The number of aromatic nitrogens is 5. The number of anilines is 1. The van der Waals surface area contributed by atoms with E-state index in [9.17, 15) is 4.79 Å². The predicted octanol–water partition coefficient (Wildman–Crippen LogP) is 3.08. The van der Waals surface area contributed by atoms with Crippen LogP contribution in [-0.4, -0.2) is 30.6 Å². The summed E-state index contributed by atoms with van der Waals surface area (Å²) >= 11 is 0. The Morgan fingerprint density at radius 3 is 2.75 bits per heavy atom. The Morgan fingerprint density at radius 1 is 1.00 bits per heavy atom. The van der Waals surface area contributed by atoms with Crippen LogP contribution in [0.15, 0.2) is 71.7 Å². The standard InChI is InChI=1S/C21H16N6O/c28-21-25-16-5-3-11-22-19(16)26(21)14-9-7-13(8-10-14)18-12-23-20-24-15-4-1-2-6-17(15)27(18)20/h1-11,18H,12H2,(H,23,24)(H,25,28). The van der Waals surface area contributed by atoms with E-state index in [-0.39, 0.29) is 11.7 Å². The zero-order valence-corrected chi connectivity index (χ0v) is 14.8. The molecule has 0 saturated heterocycles. The number of para-hydroxylation sites is 2. The molecular formula is C21H16N6O. The number of rotatable bonds is 2. The molecule has 3 aromatic heterocycles. The SMILES string of the molecule is O=c1[nH]c2cccnc2n1-c1ccc(C2CNc3nc4ccccc4n32)cc1. The number of nitrogens with one attached hydrogen (secondary N) is 2. The summed E-state index contributed by atoms with van der Waals surface area (Å²) in [6, 6.07) is 20.1. The van der Waals surface area contributed by atoms with Crippen molar-refractivity contribution in [1.82, 2.24) is 24.1 Å². The summed E-state index contributed by atoms with van der Waals surface area (Å²) < 4.78 is 3.84. The van der Waals surface area contributed by atoms with E-state index in [1.807, 2.05) is 42.5 Å². The molecule has 0 aliphatic carbocycles. The fourth-order valence-electron chi connectivity index (χ4n) is 4.06. The highest BCUT2D eigenvalue weighted by Gasteiger charge is 2.26. The van der Waals surface area contributed by atoms with E-state index in [2.05, 4.69) is 43.0 Å². The summed E-state index contributed by atoms with van der Waals surface area (Å²) in [5.74, 6) is 0.896. The smallest absolute Gasteiger partial charge is 0.332 e. The number of hydrogen-bond acceptors (Lipinski definition) is 4. The number of benzene rings is 2. The Hall–Kier alpha value is -3.87. The first-order valence-electron chi connectivity index (χ1n) is 9.16. The molecule has 0 amide bonds. The van der Waals surface area contributed by atoms with Crippen molar-refractivity contribution < 1.29 is 0 Å². The molecule has 1 unspecified atom stereocenters. The van der Waals surface area contributed by atoms with Crippen LogP contribution in [0, 0.1) is 0 Å². The molecule has 0 fully saturated rings. The summed E-state index contributed by atoms with van der Waals surface area (Å²) in [6.07, 6.45) is 1.69. The predicted molar refractivity (Wildman–Crippen MR) is 108 cm³/mol. The fourth-order valence-corrected chi connectivity index (χ4v) is 4.06. The number of fused-ring (bicyclic) bond motifs is 4. The highest BCUT2D eigenvalue weighted by atomic mass is 16.1. The van der Waals surface area contributed by atoms with Gasteiger partial charge in [0.15, 0.2) is 5.65 Å². The van der Waals surface area contributed by atoms with Gasteiger partial charge in [-0.05, 0) is 42.0 Å². The Kier molecular flexibility index (Phi) is 3.02. The average Bonchev–Trinajstić information content (AvgIpc) is 3.39. The second-order valence-electron chi connectivity index (χ2n) is 6.92. The number of hydrogen-bond donors (Lipinski definition) is 2. The minimum absolute atomic E-state index is 0.161. The number of nitrogens with zero attached hydrogens (tertiary/aromatic N) is 4. The molecule has 1 atom stereocenters. The van der Waals surface area contributed by atoms with Crippen LogP contribution in [0.25, 0.3) is 27.9 Å². The van der Waals surface area contributed by atoms with Crippen molar-refractivity contribution in [1.29, 1.82) is 0 Å². The van der Waals surface area contributed by atoms with Crippen LogP contribution in [0.5, 0.6) is 0 Å². The second-order valence-corrected chi connectivity index (χ2v) is 6.92. The van der Waals surface area contributed by atoms with Crippen LogP contribution >= 0.6 is 0 Å². The third kappa shape index (κ3) is 2.07. The Bertz CT molecular complexity index is 1390. The first-order valence-corrected chi connectivity index (χ1v) is 9.16. The Balaban J connectivity index is 1.44. The number of aromatic amines is 1. The summed E-state index contributed by atoms with van der Waals surface area (Å²) in [6.45, 7) is 0.793. The van der Waals surface area contributed by atoms with Gasteiger partial charge in [0.2, 0.25) is 5.95 Å². The van der Waals surface area contributed by atoms with Crippen molar-refractivity contribution >= 4 is 28.1 Å². The van der Waals surface area contributed by atoms with Crippen LogP contribution in [-0.2, 0) is 0 Å². The number of H-pyrrole nitrogens is 1. The summed E-state index contributed by atoms with van der Waals surface area (Å²) in [5, 5.41) is 3.40. The second kappa shape index (κ2) is 5.56. The van der Waals surface area contributed by atoms with E-state index < -0.39 is 0 Å². The van der Waals surface area contributed by atoms with E-state index in [0.29, 0.717) is 5.65 Å². The largest absolute Gasteiger partial charge is 0.353 e. The first-order chi connectivity index (χ1) is 13.8. The normalized spacial score (nSPS) is 15.8.